The maximum Gasteiger partial charge on any atom is 0.269 e. The van der Waals surface area contributed by atoms with E-state index in [0.29, 0.717) is 23.6 Å². The Labute approximate surface area is 121 Å². The first-order valence-corrected chi connectivity index (χ1v) is 6.99. The summed E-state index contributed by atoms with van der Waals surface area (Å²) in [5.41, 5.74) is -0.893. The lowest BCUT2D eigenvalue weighted by Crippen LogP contribution is -2.45. The van der Waals surface area contributed by atoms with Gasteiger partial charge in [-0.05, 0) is 43.2 Å². The van der Waals surface area contributed by atoms with Gasteiger partial charge in [-0.3, -0.25) is 9.59 Å². The van der Waals surface area contributed by atoms with E-state index in [0.717, 1.165) is 12.8 Å². The van der Waals surface area contributed by atoms with Crippen LogP contribution in [-0.4, -0.2) is 16.4 Å². The van der Waals surface area contributed by atoms with E-state index < -0.39 is 11.4 Å². The molecule has 0 unspecified atom stereocenters. The molecule has 1 aromatic carbocycles. The van der Waals surface area contributed by atoms with Crippen LogP contribution in [0.25, 0.3) is 10.8 Å². The van der Waals surface area contributed by atoms with Crippen molar-refractivity contribution < 1.29 is 4.79 Å². The van der Waals surface area contributed by atoms with Crippen LogP contribution in [0, 0.1) is 11.3 Å². The number of rotatable bonds is 2. The summed E-state index contributed by atoms with van der Waals surface area (Å²) in [5.74, 6) is -0.402. The summed E-state index contributed by atoms with van der Waals surface area (Å²) in [6.07, 6.45) is 3.18. The van der Waals surface area contributed by atoms with Gasteiger partial charge >= 0.3 is 0 Å². The Morgan fingerprint density at radius 1 is 1.29 bits per heavy atom. The average molecular weight is 281 g/mol. The van der Waals surface area contributed by atoms with E-state index in [2.05, 4.69) is 16.4 Å². The number of fused-ring (bicyclic) bond motifs is 1. The fourth-order valence-corrected chi connectivity index (χ4v) is 2.86. The molecule has 106 valence electrons. The summed E-state index contributed by atoms with van der Waals surface area (Å²) >= 11 is 0. The lowest BCUT2D eigenvalue weighted by Gasteiger charge is -2.21. The van der Waals surface area contributed by atoms with Crippen molar-refractivity contribution in [1.82, 2.24) is 10.3 Å². The molecule has 1 aliphatic rings. The number of nitrogens with zero attached hydrogens (tertiary/aromatic N) is 1. The molecule has 0 saturated heterocycles. The van der Waals surface area contributed by atoms with Gasteiger partial charge in [0.15, 0.2) is 0 Å². The minimum atomic E-state index is -0.792. The van der Waals surface area contributed by atoms with E-state index in [1.807, 2.05) is 6.07 Å². The predicted molar refractivity (Wildman–Crippen MR) is 78.8 cm³/mol. The number of aromatic nitrogens is 1. The van der Waals surface area contributed by atoms with Crippen molar-refractivity contribution in [2.75, 3.05) is 0 Å². The normalized spacial score (nSPS) is 16.5. The second-order valence-corrected chi connectivity index (χ2v) is 5.45. The SMILES string of the molecule is N#CC1(NC(=O)c2cc3ccccc3c(=O)[nH]2)CCCC1. The Balaban J connectivity index is 1.95. The van der Waals surface area contributed by atoms with Gasteiger partial charge in [-0.2, -0.15) is 5.26 Å². The van der Waals surface area contributed by atoms with E-state index in [1.54, 1.807) is 24.3 Å². The smallest absolute Gasteiger partial charge is 0.269 e. The van der Waals surface area contributed by atoms with Crippen LogP contribution < -0.4 is 10.9 Å². The van der Waals surface area contributed by atoms with Crippen LogP contribution in [0.1, 0.15) is 36.2 Å². The van der Waals surface area contributed by atoms with Gasteiger partial charge < -0.3 is 10.3 Å². The number of nitriles is 1. The molecule has 3 rings (SSSR count). The first-order valence-electron chi connectivity index (χ1n) is 6.99. The Bertz CT molecular complexity index is 795. The summed E-state index contributed by atoms with van der Waals surface area (Å²) in [7, 11) is 0. The van der Waals surface area contributed by atoms with E-state index in [-0.39, 0.29) is 11.3 Å². The summed E-state index contributed by atoms with van der Waals surface area (Å²) in [5, 5.41) is 13.3. The van der Waals surface area contributed by atoms with Gasteiger partial charge in [0.1, 0.15) is 11.2 Å². The third-order valence-electron chi connectivity index (χ3n) is 4.02. The highest BCUT2D eigenvalue weighted by Gasteiger charge is 2.35. The van der Waals surface area contributed by atoms with E-state index in [9.17, 15) is 14.9 Å². The van der Waals surface area contributed by atoms with Crippen molar-refractivity contribution >= 4 is 16.7 Å². The minimum absolute atomic E-state index is 0.195. The summed E-state index contributed by atoms with van der Waals surface area (Å²) in [6, 6.07) is 10.9. The van der Waals surface area contributed by atoms with Crippen LogP contribution in [0.5, 0.6) is 0 Å². The fraction of sp³-hybridized carbons (Fsp3) is 0.312. The van der Waals surface area contributed by atoms with Crippen molar-refractivity contribution in [2.24, 2.45) is 0 Å². The molecule has 1 saturated carbocycles. The summed E-state index contributed by atoms with van der Waals surface area (Å²) < 4.78 is 0. The Morgan fingerprint density at radius 2 is 2.00 bits per heavy atom. The van der Waals surface area contributed by atoms with Gasteiger partial charge in [0, 0.05) is 5.39 Å². The molecule has 2 N–H and O–H groups in total. The van der Waals surface area contributed by atoms with E-state index in [1.165, 1.54) is 0 Å². The number of carbonyl (C=O) groups is 1. The summed E-state index contributed by atoms with van der Waals surface area (Å²) in [4.78, 5) is 26.9. The molecule has 21 heavy (non-hydrogen) atoms. The fourth-order valence-electron chi connectivity index (χ4n) is 2.86. The quantitative estimate of drug-likeness (QED) is 0.883. The molecule has 5 nitrogen and oxygen atoms in total. The third-order valence-corrected chi connectivity index (χ3v) is 4.02. The van der Waals surface area contributed by atoms with Crippen LogP contribution in [-0.2, 0) is 0 Å². The lowest BCUT2D eigenvalue weighted by atomic mass is 9.99. The molecule has 0 atom stereocenters. The van der Waals surface area contributed by atoms with Crippen molar-refractivity contribution in [3.8, 4) is 6.07 Å². The molecule has 2 aromatic rings. The molecule has 0 bridgehead atoms. The molecule has 5 heteroatoms. The zero-order chi connectivity index (χ0) is 14.9. The second kappa shape index (κ2) is 5.06. The number of amides is 1. The molecule has 1 aliphatic carbocycles. The van der Waals surface area contributed by atoms with Gasteiger partial charge in [0.05, 0.1) is 6.07 Å². The number of pyridine rings is 1. The molecule has 1 fully saturated rings. The Morgan fingerprint density at radius 3 is 2.71 bits per heavy atom. The monoisotopic (exact) mass is 281 g/mol. The Kier molecular flexibility index (Phi) is 3.22. The highest BCUT2D eigenvalue weighted by Crippen LogP contribution is 2.29. The van der Waals surface area contributed by atoms with E-state index >= 15 is 0 Å². The van der Waals surface area contributed by atoms with E-state index in [4.69, 9.17) is 0 Å². The summed E-state index contributed by atoms with van der Waals surface area (Å²) in [6.45, 7) is 0. The molecular formula is C16H15N3O2. The van der Waals surface area contributed by atoms with Crippen molar-refractivity contribution in [2.45, 2.75) is 31.2 Å². The van der Waals surface area contributed by atoms with Gasteiger partial charge in [-0.25, -0.2) is 0 Å². The first kappa shape index (κ1) is 13.4. The zero-order valence-corrected chi connectivity index (χ0v) is 11.5. The lowest BCUT2D eigenvalue weighted by molar-refractivity contribution is 0.0915. The molecule has 1 heterocycles. The number of benzene rings is 1. The highest BCUT2D eigenvalue weighted by atomic mass is 16.2. The van der Waals surface area contributed by atoms with Crippen LogP contribution >= 0.6 is 0 Å². The van der Waals surface area contributed by atoms with Gasteiger partial charge in [0.2, 0.25) is 0 Å². The molecule has 0 aliphatic heterocycles. The number of hydrogen-bond donors (Lipinski definition) is 2. The zero-order valence-electron chi connectivity index (χ0n) is 11.5. The van der Waals surface area contributed by atoms with Crippen molar-refractivity contribution in [3.63, 3.8) is 0 Å². The molecule has 0 spiro atoms. The highest BCUT2D eigenvalue weighted by molar-refractivity contribution is 5.96. The van der Waals surface area contributed by atoms with Crippen LogP contribution in [0.15, 0.2) is 35.1 Å². The maximum atomic E-state index is 12.3. The van der Waals surface area contributed by atoms with Crippen molar-refractivity contribution in [1.29, 1.82) is 5.26 Å². The molecule has 1 aromatic heterocycles. The largest absolute Gasteiger partial charge is 0.332 e. The molecule has 1 amide bonds. The average Bonchev–Trinajstić information content (AvgIpc) is 2.96. The molecule has 0 radical (unpaired) electrons. The first-order chi connectivity index (χ1) is 10.1. The van der Waals surface area contributed by atoms with Gasteiger partial charge in [-0.15, -0.1) is 0 Å². The van der Waals surface area contributed by atoms with Crippen LogP contribution in [0.4, 0.5) is 0 Å². The molecular weight excluding hydrogens is 266 g/mol. The predicted octanol–water partition coefficient (Wildman–Crippen LogP) is 2.09. The number of hydrogen-bond acceptors (Lipinski definition) is 3. The maximum absolute atomic E-state index is 12.3. The minimum Gasteiger partial charge on any atom is -0.332 e. The second-order valence-electron chi connectivity index (χ2n) is 5.45. The number of nitrogens with one attached hydrogen (secondary N) is 2. The third kappa shape index (κ3) is 2.40. The van der Waals surface area contributed by atoms with Crippen LogP contribution in [0.3, 0.4) is 0 Å². The number of H-pyrrole nitrogens is 1. The van der Waals surface area contributed by atoms with Gasteiger partial charge in [-0.1, -0.05) is 18.2 Å². The topological polar surface area (TPSA) is 85.8 Å². The number of carbonyl (C=O) groups excluding carboxylic acids is 1. The number of aromatic amines is 1. The van der Waals surface area contributed by atoms with Gasteiger partial charge in [0.25, 0.3) is 11.5 Å². The van der Waals surface area contributed by atoms with Crippen molar-refractivity contribution in [3.05, 3.63) is 46.4 Å². The standard InChI is InChI=1S/C16H15N3O2/c17-10-16(7-3-4-8-16)19-15(21)13-9-11-5-1-2-6-12(11)14(20)18-13/h1-2,5-6,9H,3-4,7-8H2,(H,18,20)(H,19,21). The Hall–Kier alpha value is -2.61. The van der Waals surface area contributed by atoms with Crippen LogP contribution in [0.2, 0.25) is 0 Å².